The van der Waals surface area contributed by atoms with Gasteiger partial charge in [-0.2, -0.15) is 0 Å². The molecule has 0 aromatic carbocycles. The molecule has 0 aliphatic heterocycles. The zero-order chi connectivity index (χ0) is 19.7. The minimum atomic E-state index is -0.655. The van der Waals surface area contributed by atoms with Crippen molar-refractivity contribution in [1.29, 1.82) is 0 Å². The molecule has 4 aromatic heterocycles. The summed E-state index contributed by atoms with van der Waals surface area (Å²) >= 11 is 0. The van der Waals surface area contributed by atoms with Crippen LogP contribution in [0.2, 0.25) is 0 Å². The van der Waals surface area contributed by atoms with E-state index in [0.29, 0.717) is 22.3 Å². The Hall–Kier alpha value is -3.45. The third-order valence-electron chi connectivity index (χ3n) is 4.41. The summed E-state index contributed by atoms with van der Waals surface area (Å²) in [6, 6.07) is 9.26. The summed E-state index contributed by atoms with van der Waals surface area (Å²) < 4.78 is 1.41. The molecule has 0 spiro atoms. The molecule has 0 aliphatic rings. The van der Waals surface area contributed by atoms with Crippen molar-refractivity contribution < 1.29 is 5.11 Å². The molecule has 0 aliphatic carbocycles. The highest BCUT2D eigenvalue weighted by Crippen LogP contribution is 2.28. The molecule has 0 fully saturated rings. The maximum atomic E-state index is 13.0. The molecule has 7 nitrogen and oxygen atoms in total. The zero-order valence-corrected chi connectivity index (χ0v) is 15.6. The molecule has 0 saturated carbocycles. The van der Waals surface area contributed by atoms with Gasteiger partial charge in [-0.25, -0.2) is 9.97 Å². The van der Waals surface area contributed by atoms with Gasteiger partial charge in [0.05, 0.1) is 35.8 Å². The zero-order valence-electron chi connectivity index (χ0n) is 15.6. The number of hydrogen-bond acceptors (Lipinski definition) is 6. The first-order valence-corrected chi connectivity index (χ1v) is 8.94. The highest BCUT2D eigenvalue weighted by atomic mass is 16.3. The van der Waals surface area contributed by atoms with Gasteiger partial charge in [0, 0.05) is 35.4 Å². The normalized spacial score (nSPS) is 12.2. The molecule has 4 rings (SSSR count). The molecule has 0 unspecified atom stereocenters. The van der Waals surface area contributed by atoms with Crippen LogP contribution in [0.15, 0.2) is 60.0 Å². The average molecular weight is 373 g/mol. The summed E-state index contributed by atoms with van der Waals surface area (Å²) in [7, 11) is 0. The molecule has 4 heterocycles. The lowest BCUT2D eigenvalue weighted by atomic mass is 10.1. The van der Waals surface area contributed by atoms with Crippen molar-refractivity contribution >= 4 is 10.9 Å². The second kappa shape index (κ2) is 7.28. The number of aryl methyl sites for hydroxylation is 1. The van der Waals surface area contributed by atoms with Gasteiger partial charge in [-0.3, -0.25) is 19.3 Å². The van der Waals surface area contributed by atoms with Gasteiger partial charge in [0.2, 0.25) is 0 Å². The predicted molar refractivity (Wildman–Crippen MR) is 107 cm³/mol. The van der Waals surface area contributed by atoms with Crippen LogP contribution in [0.1, 0.15) is 12.6 Å². The number of fused-ring (bicyclic) bond motifs is 1. The van der Waals surface area contributed by atoms with Crippen molar-refractivity contribution in [2.75, 3.05) is 0 Å². The van der Waals surface area contributed by atoms with Gasteiger partial charge < -0.3 is 5.11 Å². The average Bonchev–Trinajstić information content (AvgIpc) is 2.70. The van der Waals surface area contributed by atoms with Gasteiger partial charge in [-0.05, 0) is 44.2 Å². The quantitative estimate of drug-likeness (QED) is 0.591. The van der Waals surface area contributed by atoms with Crippen LogP contribution < -0.4 is 5.56 Å². The van der Waals surface area contributed by atoms with E-state index in [2.05, 4.69) is 15.0 Å². The number of nitrogens with zero attached hydrogens (tertiary/aromatic N) is 5. The summed E-state index contributed by atoms with van der Waals surface area (Å²) in [4.78, 5) is 30.8. The van der Waals surface area contributed by atoms with Crippen LogP contribution in [0.4, 0.5) is 0 Å². The van der Waals surface area contributed by atoms with Crippen LogP contribution in [0.25, 0.3) is 33.4 Å². The highest BCUT2D eigenvalue weighted by molar-refractivity contribution is 5.93. The molecule has 0 amide bonds. The molecule has 28 heavy (non-hydrogen) atoms. The van der Waals surface area contributed by atoms with Crippen molar-refractivity contribution in [2.45, 2.75) is 26.5 Å². The van der Waals surface area contributed by atoms with Gasteiger partial charge in [0.25, 0.3) is 5.56 Å². The number of pyridine rings is 3. The van der Waals surface area contributed by atoms with E-state index in [1.165, 1.54) is 10.9 Å². The Bertz CT molecular complexity index is 1190. The lowest BCUT2D eigenvalue weighted by molar-refractivity contribution is 0.172. The summed E-state index contributed by atoms with van der Waals surface area (Å²) in [5, 5.41) is 10.1. The fourth-order valence-corrected chi connectivity index (χ4v) is 3.05. The van der Waals surface area contributed by atoms with Crippen molar-refractivity contribution in [3.63, 3.8) is 0 Å². The van der Waals surface area contributed by atoms with Crippen LogP contribution in [0.3, 0.4) is 0 Å². The lowest BCUT2D eigenvalue weighted by Gasteiger charge is -2.12. The third-order valence-corrected chi connectivity index (χ3v) is 4.41. The van der Waals surface area contributed by atoms with Crippen molar-refractivity contribution in [3.05, 3.63) is 71.3 Å². The Kier molecular flexibility index (Phi) is 4.67. The molecular weight excluding hydrogens is 354 g/mol. The summed E-state index contributed by atoms with van der Waals surface area (Å²) in [5.41, 5.74) is 3.98. The van der Waals surface area contributed by atoms with E-state index in [4.69, 9.17) is 4.98 Å². The second-order valence-corrected chi connectivity index (χ2v) is 6.73. The van der Waals surface area contributed by atoms with Crippen LogP contribution in [0, 0.1) is 6.92 Å². The first-order valence-electron chi connectivity index (χ1n) is 8.94. The van der Waals surface area contributed by atoms with Crippen LogP contribution >= 0.6 is 0 Å². The first kappa shape index (κ1) is 17.9. The number of hydrogen-bond donors (Lipinski definition) is 1. The van der Waals surface area contributed by atoms with E-state index in [9.17, 15) is 9.90 Å². The molecule has 140 valence electrons. The van der Waals surface area contributed by atoms with Crippen LogP contribution in [0.5, 0.6) is 0 Å². The standard InChI is InChI=1S/C21H19N5O2/c1-13-5-6-15(10-23-13)18-8-17-20(19(25-18)16-4-3-7-22-9-16)24-12-26(21(17)28)11-14(2)27/h3-10,12,14,27H,11H2,1-2H3/t14-/m0/s1. The minimum Gasteiger partial charge on any atom is -0.392 e. The Labute approximate surface area is 161 Å². The summed E-state index contributed by atoms with van der Waals surface area (Å²) in [6.07, 6.45) is 5.91. The van der Waals surface area contributed by atoms with Gasteiger partial charge >= 0.3 is 0 Å². The fourth-order valence-electron chi connectivity index (χ4n) is 3.05. The summed E-state index contributed by atoms with van der Waals surface area (Å²) in [5.74, 6) is 0. The SMILES string of the molecule is Cc1ccc(-c2cc3c(=O)n(C[C@H](C)O)cnc3c(-c3cccnc3)n2)cn1. The van der Waals surface area contributed by atoms with E-state index in [-0.39, 0.29) is 12.1 Å². The highest BCUT2D eigenvalue weighted by Gasteiger charge is 2.15. The fraction of sp³-hybridized carbons (Fsp3) is 0.190. The van der Waals surface area contributed by atoms with Gasteiger partial charge in [-0.15, -0.1) is 0 Å². The Balaban J connectivity index is 2.01. The number of rotatable bonds is 4. The largest absolute Gasteiger partial charge is 0.392 e. The van der Waals surface area contributed by atoms with E-state index >= 15 is 0 Å². The minimum absolute atomic E-state index is 0.174. The topological polar surface area (TPSA) is 93.8 Å². The first-order chi connectivity index (χ1) is 13.5. The number of aliphatic hydroxyl groups excluding tert-OH is 1. The number of aromatic nitrogens is 5. The maximum absolute atomic E-state index is 13.0. The third kappa shape index (κ3) is 3.39. The van der Waals surface area contributed by atoms with Crippen molar-refractivity contribution in [2.24, 2.45) is 0 Å². The monoisotopic (exact) mass is 373 g/mol. The molecule has 0 saturated heterocycles. The molecular formula is C21H19N5O2. The Morgan fingerprint density at radius 3 is 2.68 bits per heavy atom. The molecule has 7 heteroatoms. The smallest absolute Gasteiger partial charge is 0.261 e. The second-order valence-electron chi connectivity index (χ2n) is 6.73. The van der Waals surface area contributed by atoms with E-state index in [1.54, 1.807) is 31.6 Å². The van der Waals surface area contributed by atoms with E-state index in [0.717, 1.165) is 16.8 Å². The summed E-state index contributed by atoms with van der Waals surface area (Å²) in [6.45, 7) is 3.72. The Morgan fingerprint density at radius 2 is 2.00 bits per heavy atom. The van der Waals surface area contributed by atoms with E-state index < -0.39 is 6.10 Å². The van der Waals surface area contributed by atoms with Gasteiger partial charge in [0.15, 0.2) is 0 Å². The molecule has 4 aromatic rings. The predicted octanol–water partition coefficient (Wildman–Crippen LogP) is 2.60. The molecule has 1 atom stereocenters. The van der Waals surface area contributed by atoms with Gasteiger partial charge in [-0.1, -0.05) is 0 Å². The van der Waals surface area contributed by atoms with Crippen molar-refractivity contribution in [1.82, 2.24) is 24.5 Å². The lowest BCUT2D eigenvalue weighted by Crippen LogP contribution is -2.25. The van der Waals surface area contributed by atoms with Gasteiger partial charge in [0.1, 0.15) is 5.52 Å². The Morgan fingerprint density at radius 1 is 1.14 bits per heavy atom. The van der Waals surface area contributed by atoms with E-state index in [1.807, 2.05) is 31.2 Å². The molecule has 0 bridgehead atoms. The van der Waals surface area contributed by atoms with Crippen LogP contribution in [-0.2, 0) is 6.54 Å². The molecule has 0 radical (unpaired) electrons. The molecule has 1 N–H and O–H groups in total. The van der Waals surface area contributed by atoms with Crippen molar-refractivity contribution in [3.8, 4) is 22.5 Å². The van der Waals surface area contributed by atoms with Crippen LogP contribution in [-0.4, -0.2) is 35.7 Å². The maximum Gasteiger partial charge on any atom is 0.261 e. The number of aliphatic hydroxyl groups is 1.